The van der Waals surface area contributed by atoms with Crippen LogP contribution in [-0.4, -0.2) is 44.2 Å². The third-order valence-corrected chi connectivity index (χ3v) is 6.53. The molecule has 1 aliphatic rings. The number of anilines is 3. The Morgan fingerprint density at radius 3 is 2.40 bits per heavy atom. The summed E-state index contributed by atoms with van der Waals surface area (Å²) in [5.74, 6) is -3.58. The van der Waals surface area contributed by atoms with Gasteiger partial charge in [-0.2, -0.15) is 13.2 Å². The van der Waals surface area contributed by atoms with Crippen LogP contribution in [-0.2, 0) is 21.0 Å². The van der Waals surface area contributed by atoms with Crippen LogP contribution in [0.25, 0.3) is 11.1 Å². The van der Waals surface area contributed by atoms with E-state index in [1.54, 1.807) is 0 Å². The first kappa shape index (κ1) is 28.7. The largest absolute Gasteiger partial charge is 0.417 e. The lowest BCUT2D eigenvalue weighted by Crippen LogP contribution is -2.53. The highest BCUT2D eigenvalue weighted by molar-refractivity contribution is 7.92. The van der Waals surface area contributed by atoms with E-state index in [9.17, 15) is 31.2 Å². The number of carbonyl (C=O) groups excluding carboxylic acids is 2. The zero-order valence-electron chi connectivity index (χ0n) is 20.7. The number of carbonyl (C=O) groups is 2. The Labute approximate surface area is 225 Å². The normalized spacial score (nSPS) is 16.0. The summed E-state index contributed by atoms with van der Waals surface area (Å²) in [4.78, 5) is 29.9. The molecule has 212 valence electrons. The van der Waals surface area contributed by atoms with Crippen LogP contribution in [0.3, 0.4) is 0 Å². The standard InChI is InChI=1S/C25H22F5N5O4S/c1-40(38,39)34-17-6-3-2-5-15(17)16-9-10-19(22(27)21(16)26)35-12-4-7-18(23(35)36)32-24(37)33-20-11-8-14(13-31-20)25(28,29)30/h2-3,5-6,8-11,13,18,34H,4,7,12H2,1H3,(H2,31,32,33,37)/t18-/m1/s1. The highest BCUT2D eigenvalue weighted by atomic mass is 32.2. The molecule has 3 N–H and O–H groups in total. The summed E-state index contributed by atoms with van der Waals surface area (Å²) in [6.45, 7) is 0.0288. The number of hydrogen-bond acceptors (Lipinski definition) is 5. The molecule has 0 bridgehead atoms. The third-order valence-electron chi connectivity index (χ3n) is 5.94. The van der Waals surface area contributed by atoms with Gasteiger partial charge in [-0.3, -0.25) is 14.8 Å². The number of aromatic nitrogens is 1. The predicted octanol–water partition coefficient (Wildman–Crippen LogP) is 4.73. The lowest BCUT2D eigenvalue weighted by molar-refractivity contribution is -0.137. The summed E-state index contributed by atoms with van der Waals surface area (Å²) in [5.41, 5.74) is -1.52. The summed E-state index contributed by atoms with van der Waals surface area (Å²) >= 11 is 0. The number of sulfonamides is 1. The molecule has 1 aromatic heterocycles. The molecular weight excluding hydrogens is 561 g/mol. The van der Waals surface area contributed by atoms with Crippen molar-refractivity contribution in [1.82, 2.24) is 10.3 Å². The molecule has 1 aliphatic heterocycles. The van der Waals surface area contributed by atoms with Crippen LogP contribution in [0.15, 0.2) is 54.7 Å². The minimum absolute atomic E-state index is 0.0288. The van der Waals surface area contributed by atoms with Crippen LogP contribution in [0.5, 0.6) is 0 Å². The molecule has 0 spiro atoms. The zero-order chi connectivity index (χ0) is 29.2. The van der Waals surface area contributed by atoms with Crippen molar-refractivity contribution < 1.29 is 40.0 Å². The maximum absolute atomic E-state index is 15.3. The molecule has 3 amide bonds. The Kier molecular flexibility index (Phi) is 7.95. The number of hydrogen-bond donors (Lipinski definition) is 3. The minimum Gasteiger partial charge on any atom is -0.326 e. The maximum Gasteiger partial charge on any atom is 0.417 e. The number of piperidine rings is 1. The molecular formula is C25H22F5N5O4S. The second-order valence-corrected chi connectivity index (χ2v) is 10.6. The van der Waals surface area contributed by atoms with Crippen LogP contribution >= 0.6 is 0 Å². The molecule has 9 nitrogen and oxygen atoms in total. The molecule has 1 saturated heterocycles. The SMILES string of the molecule is CS(=O)(=O)Nc1ccccc1-c1ccc(N2CCC[C@@H](NC(=O)Nc3ccc(C(F)(F)F)cn3)C2=O)c(F)c1F. The predicted molar refractivity (Wildman–Crippen MR) is 137 cm³/mol. The summed E-state index contributed by atoms with van der Waals surface area (Å²) in [6.07, 6.45) is -2.65. The van der Waals surface area contributed by atoms with Crippen LogP contribution in [0, 0.1) is 11.6 Å². The molecule has 15 heteroatoms. The molecule has 2 aromatic carbocycles. The monoisotopic (exact) mass is 583 g/mol. The number of urea groups is 1. The number of para-hydroxylation sites is 1. The maximum atomic E-state index is 15.3. The van der Waals surface area contributed by atoms with Crippen LogP contribution < -0.4 is 20.3 Å². The average Bonchev–Trinajstić information content (AvgIpc) is 2.87. The van der Waals surface area contributed by atoms with Crippen molar-refractivity contribution >= 4 is 39.2 Å². The zero-order valence-corrected chi connectivity index (χ0v) is 21.5. The molecule has 2 heterocycles. The van der Waals surface area contributed by atoms with Gasteiger partial charge in [-0.1, -0.05) is 18.2 Å². The first-order valence-electron chi connectivity index (χ1n) is 11.7. The Balaban J connectivity index is 1.51. The Morgan fingerprint density at radius 2 is 1.75 bits per heavy atom. The summed E-state index contributed by atoms with van der Waals surface area (Å²) in [7, 11) is -3.72. The number of amides is 3. The van der Waals surface area contributed by atoms with Crippen molar-refractivity contribution in [2.45, 2.75) is 25.1 Å². The van der Waals surface area contributed by atoms with Crippen molar-refractivity contribution in [1.29, 1.82) is 0 Å². The Morgan fingerprint density at radius 1 is 1.02 bits per heavy atom. The van der Waals surface area contributed by atoms with E-state index in [1.807, 2.05) is 0 Å². The summed E-state index contributed by atoms with van der Waals surface area (Å²) in [6, 6.07) is 7.83. The van der Waals surface area contributed by atoms with Gasteiger partial charge >= 0.3 is 12.2 Å². The van der Waals surface area contributed by atoms with Gasteiger partial charge in [0.05, 0.1) is 23.2 Å². The number of pyridine rings is 1. The van der Waals surface area contributed by atoms with Crippen molar-refractivity contribution in [3.05, 3.63) is 71.9 Å². The van der Waals surface area contributed by atoms with Crippen molar-refractivity contribution in [3.63, 3.8) is 0 Å². The topological polar surface area (TPSA) is 120 Å². The smallest absolute Gasteiger partial charge is 0.326 e. The lowest BCUT2D eigenvalue weighted by Gasteiger charge is -2.33. The average molecular weight is 584 g/mol. The third kappa shape index (κ3) is 6.47. The van der Waals surface area contributed by atoms with Crippen molar-refractivity contribution in [3.8, 4) is 11.1 Å². The first-order chi connectivity index (χ1) is 18.7. The fourth-order valence-corrected chi connectivity index (χ4v) is 4.73. The molecule has 0 unspecified atom stereocenters. The minimum atomic E-state index is -4.60. The van der Waals surface area contributed by atoms with E-state index in [-0.39, 0.29) is 41.3 Å². The van der Waals surface area contributed by atoms with Gasteiger partial charge in [0.1, 0.15) is 11.9 Å². The summed E-state index contributed by atoms with van der Waals surface area (Å²) in [5, 5.41) is 4.61. The van der Waals surface area contributed by atoms with Gasteiger partial charge in [-0.15, -0.1) is 0 Å². The van der Waals surface area contributed by atoms with Gasteiger partial charge < -0.3 is 10.2 Å². The van der Waals surface area contributed by atoms with Gasteiger partial charge in [0.2, 0.25) is 15.9 Å². The molecule has 4 rings (SSSR count). The van der Waals surface area contributed by atoms with Crippen LogP contribution in [0.1, 0.15) is 18.4 Å². The van der Waals surface area contributed by atoms with Gasteiger partial charge in [0.15, 0.2) is 11.6 Å². The van der Waals surface area contributed by atoms with Gasteiger partial charge in [-0.05, 0) is 43.2 Å². The fraction of sp³-hybridized carbons (Fsp3) is 0.240. The van der Waals surface area contributed by atoms with Crippen LogP contribution in [0.4, 0.5) is 43.9 Å². The Bertz CT molecular complexity index is 1550. The van der Waals surface area contributed by atoms with E-state index in [0.29, 0.717) is 12.6 Å². The van der Waals surface area contributed by atoms with E-state index in [4.69, 9.17) is 0 Å². The first-order valence-corrected chi connectivity index (χ1v) is 13.6. The second-order valence-electron chi connectivity index (χ2n) is 8.89. The quantitative estimate of drug-likeness (QED) is 0.363. The number of alkyl halides is 3. The van der Waals surface area contributed by atoms with E-state index < -0.39 is 51.4 Å². The van der Waals surface area contributed by atoms with Gasteiger partial charge in [-0.25, -0.2) is 27.0 Å². The number of halogens is 5. The highest BCUT2D eigenvalue weighted by Gasteiger charge is 2.34. The fourth-order valence-electron chi connectivity index (χ4n) is 4.16. The molecule has 1 fully saturated rings. The van der Waals surface area contributed by atoms with Gasteiger partial charge in [0, 0.05) is 23.9 Å². The lowest BCUT2D eigenvalue weighted by atomic mass is 10.00. The summed E-state index contributed by atoms with van der Waals surface area (Å²) < 4.78 is 94.2. The van der Waals surface area contributed by atoms with E-state index in [2.05, 4.69) is 20.3 Å². The molecule has 1 atom stereocenters. The number of nitrogens with zero attached hydrogens (tertiary/aromatic N) is 2. The molecule has 40 heavy (non-hydrogen) atoms. The highest BCUT2D eigenvalue weighted by Crippen LogP contribution is 2.36. The van der Waals surface area contributed by atoms with E-state index in [1.165, 1.54) is 36.4 Å². The molecule has 3 aromatic rings. The Hall–Kier alpha value is -4.27. The second kappa shape index (κ2) is 11.1. The van der Waals surface area contributed by atoms with Crippen molar-refractivity contribution in [2.24, 2.45) is 0 Å². The number of rotatable bonds is 6. The van der Waals surface area contributed by atoms with Crippen LogP contribution in [0.2, 0.25) is 0 Å². The number of nitrogens with one attached hydrogen (secondary N) is 3. The molecule has 0 radical (unpaired) electrons. The van der Waals surface area contributed by atoms with Gasteiger partial charge in [0.25, 0.3) is 0 Å². The van der Waals surface area contributed by atoms with E-state index >= 15 is 8.78 Å². The molecule has 0 saturated carbocycles. The van der Waals surface area contributed by atoms with E-state index in [0.717, 1.165) is 23.3 Å². The molecule has 0 aliphatic carbocycles. The van der Waals surface area contributed by atoms with Crippen molar-refractivity contribution in [2.75, 3.05) is 27.7 Å². The number of benzene rings is 2.